The molecule has 0 spiro atoms. The first-order valence-corrected chi connectivity index (χ1v) is 6.91. The summed E-state index contributed by atoms with van der Waals surface area (Å²) in [6.45, 7) is 6.74. The quantitative estimate of drug-likeness (QED) is 0.736. The number of allylic oxidation sites excluding steroid dienone is 4. The predicted molar refractivity (Wildman–Crippen MR) is 82.6 cm³/mol. The molecule has 3 rings (SSSR count). The van der Waals surface area contributed by atoms with Gasteiger partial charge in [0.15, 0.2) is 0 Å². The molecule has 0 saturated heterocycles. The minimum absolute atomic E-state index is 0.459. The zero-order chi connectivity index (χ0) is 13.4. The Hall–Kier alpha value is -1.98. The van der Waals surface area contributed by atoms with Crippen LogP contribution < -0.4 is 10.6 Å². The van der Waals surface area contributed by atoms with E-state index in [2.05, 4.69) is 61.9 Å². The van der Waals surface area contributed by atoms with Gasteiger partial charge in [0.1, 0.15) is 0 Å². The number of rotatable bonds is 1. The molecule has 1 aromatic rings. The van der Waals surface area contributed by atoms with Crippen molar-refractivity contribution in [3.05, 3.63) is 51.4 Å². The van der Waals surface area contributed by atoms with Crippen molar-refractivity contribution in [1.29, 1.82) is 0 Å². The number of H-pyrrole nitrogens is 1. The van der Waals surface area contributed by atoms with E-state index in [4.69, 9.17) is 0 Å². The van der Waals surface area contributed by atoms with Crippen molar-refractivity contribution in [3.63, 3.8) is 0 Å². The lowest BCUT2D eigenvalue weighted by Crippen LogP contribution is -2.24. The number of hydrogen-bond acceptors (Lipinski definition) is 0. The first kappa shape index (κ1) is 12.1. The Morgan fingerprint density at radius 1 is 1.26 bits per heavy atom. The fourth-order valence-electron chi connectivity index (χ4n) is 2.67. The second kappa shape index (κ2) is 4.60. The highest BCUT2D eigenvalue weighted by atomic mass is 14.7. The third-order valence-electron chi connectivity index (χ3n) is 3.69. The molecule has 0 amide bonds. The monoisotopic (exact) mass is 249 g/mol. The minimum Gasteiger partial charge on any atom is -0.354 e. The minimum atomic E-state index is 0.459. The smallest absolute Gasteiger partial charge is 0.0543 e. The van der Waals surface area contributed by atoms with Crippen molar-refractivity contribution < 1.29 is 0 Å². The summed E-state index contributed by atoms with van der Waals surface area (Å²) in [6, 6.07) is 0. The van der Waals surface area contributed by atoms with Gasteiger partial charge in [-0.05, 0) is 29.6 Å². The summed E-state index contributed by atoms with van der Waals surface area (Å²) in [7, 11) is 0. The topological polar surface area (TPSA) is 15.8 Å². The van der Waals surface area contributed by atoms with Crippen LogP contribution in [0.25, 0.3) is 24.3 Å². The van der Waals surface area contributed by atoms with Crippen LogP contribution in [-0.4, -0.2) is 4.98 Å². The van der Waals surface area contributed by atoms with Crippen molar-refractivity contribution in [2.75, 3.05) is 0 Å². The van der Waals surface area contributed by atoms with E-state index < -0.39 is 0 Å². The van der Waals surface area contributed by atoms with Crippen LogP contribution in [0, 0.1) is 11.8 Å². The Bertz CT molecular complexity index is 744. The highest BCUT2D eigenvalue weighted by Crippen LogP contribution is 2.17. The van der Waals surface area contributed by atoms with Crippen LogP contribution in [0.4, 0.5) is 0 Å². The summed E-state index contributed by atoms with van der Waals surface area (Å²) in [6.07, 6.45) is 15.2. The molecule has 1 unspecified atom stereocenters. The lowest BCUT2D eigenvalue weighted by molar-refractivity contribution is 0.787. The van der Waals surface area contributed by atoms with E-state index >= 15 is 0 Å². The van der Waals surface area contributed by atoms with E-state index in [1.807, 2.05) is 12.2 Å². The lowest BCUT2D eigenvalue weighted by Gasteiger charge is -2.07. The summed E-state index contributed by atoms with van der Waals surface area (Å²) in [5.74, 6) is 1.01. The molecule has 1 aromatic heterocycles. The average Bonchev–Trinajstić information content (AvgIpc) is 2.56. The third kappa shape index (κ3) is 2.18. The van der Waals surface area contributed by atoms with E-state index in [1.54, 1.807) is 0 Å². The van der Waals surface area contributed by atoms with E-state index in [0.717, 1.165) is 5.69 Å². The van der Waals surface area contributed by atoms with Gasteiger partial charge in [-0.1, -0.05) is 45.1 Å². The zero-order valence-corrected chi connectivity index (χ0v) is 11.7. The normalized spacial score (nSPS) is 20.0. The van der Waals surface area contributed by atoms with Crippen LogP contribution >= 0.6 is 0 Å². The Kier molecular flexibility index (Phi) is 2.93. The van der Waals surface area contributed by atoms with E-state index in [9.17, 15) is 0 Å². The molecule has 96 valence electrons. The summed E-state index contributed by atoms with van der Waals surface area (Å²) in [5, 5.41) is 2.54. The molecule has 0 bridgehead atoms. The molecule has 2 aliphatic rings. The molecular formula is C18H19N. The van der Waals surface area contributed by atoms with Crippen LogP contribution in [0.1, 0.15) is 32.0 Å². The van der Waals surface area contributed by atoms with Crippen molar-refractivity contribution in [2.45, 2.75) is 20.8 Å². The number of fused-ring (bicyclic) bond motifs is 3. The molecule has 2 aliphatic carbocycles. The predicted octanol–water partition coefficient (Wildman–Crippen LogP) is 3.00. The van der Waals surface area contributed by atoms with E-state index in [0.29, 0.717) is 11.8 Å². The van der Waals surface area contributed by atoms with Gasteiger partial charge in [0.05, 0.1) is 5.69 Å². The Balaban J connectivity index is 2.33. The Morgan fingerprint density at radius 2 is 2.11 bits per heavy atom. The van der Waals surface area contributed by atoms with Crippen molar-refractivity contribution >= 4 is 24.3 Å². The van der Waals surface area contributed by atoms with E-state index in [-0.39, 0.29) is 0 Å². The van der Waals surface area contributed by atoms with Gasteiger partial charge in [-0.15, -0.1) is 5.73 Å². The van der Waals surface area contributed by atoms with Crippen LogP contribution in [0.5, 0.6) is 0 Å². The molecular weight excluding hydrogens is 230 g/mol. The molecule has 19 heavy (non-hydrogen) atoms. The molecule has 1 N–H and O–H groups in total. The van der Waals surface area contributed by atoms with Gasteiger partial charge >= 0.3 is 0 Å². The number of aromatic nitrogens is 1. The molecule has 0 fully saturated rings. The average molecular weight is 249 g/mol. The number of aromatic amines is 1. The van der Waals surface area contributed by atoms with Crippen LogP contribution in [-0.2, 0) is 0 Å². The summed E-state index contributed by atoms with van der Waals surface area (Å²) < 4.78 is 0. The van der Waals surface area contributed by atoms with Crippen LogP contribution in [0.2, 0.25) is 0 Å². The molecule has 1 heterocycles. The van der Waals surface area contributed by atoms with Gasteiger partial charge in [-0.25, -0.2) is 0 Å². The summed E-state index contributed by atoms with van der Waals surface area (Å²) in [4.78, 5) is 3.51. The van der Waals surface area contributed by atoms with Gasteiger partial charge in [0.2, 0.25) is 0 Å². The molecule has 0 aliphatic heterocycles. The van der Waals surface area contributed by atoms with Crippen LogP contribution in [0.15, 0.2) is 29.5 Å². The second-order valence-electron chi connectivity index (χ2n) is 5.61. The molecule has 1 nitrogen and oxygen atoms in total. The Morgan fingerprint density at radius 3 is 2.89 bits per heavy atom. The molecule has 0 aromatic carbocycles. The zero-order valence-electron chi connectivity index (χ0n) is 11.7. The maximum atomic E-state index is 3.51. The standard InChI is InChI=1S/C18H19N/c1-12(2)14-9-13(3)10-18-16(11-14)15-7-5-4-6-8-17(15)19-18/h4-5,7-13,19H,1-3H3. The first-order valence-electron chi connectivity index (χ1n) is 6.91. The molecule has 0 radical (unpaired) electrons. The Labute approximate surface area is 114 Å². The third-order valence-corrected chi connectivity index (χ3v) is 3.69. The SMILES string of the molecule is CC1C=C(C(C)C)C=c2c3c([nH]c2=C1)C=C=CC=C3. The van der Waals surface area contributed by atoms with Gasteiger partial charge in [0, 0.05) is 22.2 Å². The fraction of sp³-hybridized carbons (Fsp3) is 0.278. The lowest BCUT2D eigenvalue weighted by atomic mass is 9.98. The largest absolute Gasteiger partial charge is 0.354 e. The van der Waals surface area contributed by atoms with Crippen molar-refractivity contribution in [1.82, 2.24) is 4.98 Å². The van der Waals surface area contributed by atoms with E-state index in [1.165, 1.54) is 21.7 Å². The molecule has 1 atom stereocenters. The second-order valence-corrected chi connectivity index (χ2v) is 5.61. The molecule has 0 saturated carbocycles. The maximum Gasteiger partial charge on any atom is 0.0543 e. The fourth-order valence-corrected chi connectivity index (χ4v) is 2.67. The number of nitrogens with one attached hydrogen (secondary N) is 1. The van der Waals surface area contributed by atoms with Crippen molar-refractivity contribution in [2.24, 2.45) is 11.8 Å². The number of hydrogen-bond donors (Lipinski definition) is 1. The summed E-state index contributed by atoms with van der Waals surface area (Å²) in [5.41, 5.74) is 7.00. The van der Waals surface area contributed by atoms with Gasteiger partial charge in [-0.2, -0.15) is 0 Å². The maximum absolute atomic E-state index is 3.51. The highest BCUT2D eigenvalue weighted by Gasteiger charge is 2.11. The first-order chi connectivity index (χ1) is 9.15. The highest BCUT2D eigenvalue weighted by molar-refractivity contribution is 5.70. The molecule has 1 heteroatoms. The van der Waals surface area contributed by atoms with Crippen molar-refractivity contribution in [3.8, 4) is 0 Å². The van der Waals surface area contributed by atoms with Gasteiger partial charge in [0.25, 0.3) is 0 Å². The van der Waals surface area contributed by atoms with Crippen LogP contribution in [0.3, 0.4) is 0 Å². The summed E-state index contributed by atoms with van der Waals surface area (Å²) >= 11 is 0. The van der Waals surface area contributed by atoms with Gasteiger partial charge < -0.3 is 4.98 Å². The van der Waals surface area contributed by atoms with Gasteiger partial charge in [-0.3, -0.25) is 0 Å².